The van der Waals surface area contributed by atoms with Crippen molar-refractivity contribution in [1.29, 1.82) is 0 Å². The Hall–Kier alpha value is -1.81. The van der Waals surface area contributed by atoms with Crippen molar-refractivity contribution in [2.75, 3.05) is 6.54 Å². The minimum atomic E-state index is -0.383. The van der Waals surface area contributed by atoms with Crippen LogP contribution in [0, 0.1) is 6.92 Å². The van der Waals surface area contributed by atoms with Gasteiger partial charge in [0.25, 0.3) is 0 Å². The lowest BCUT2D eigenvalue weighted by Gasteiger charge is -2.18. The highest BCUT2D eigenvalue weighted by atomic mass is 16.1. The SMILES string of the molecule is Cc1cccc2[nH]cc(CC(=O)NCC(C)(C)N)c12. The number of aromatic nitrogens is 1. The molecule has 0 fully saturated rings. The van der Waals surface area contributed by atoms with E-state index in [-0.39, 0.29) is 11.4 Å². The molecule has 0 unspecified atom stereocenters. The van der Waals surface area contributed by atoms with Gasteiger partial charge in [0, 0.05) is 29.2 Å². The van der Waals surface area contributed by atoms with E-state index >= 15 is 0 Å². The van der Waals surface area contributed by atoms with E-state index < -0.39 is 0 Å². The van der Waals surface area contributed by atoms with Gasteiger partial charge in [-0.2, -0.15) is 0 Å². The summed E-state index contributed by atoms with van der Waals surface area (Å²) in [6.07, 6.45) is 2.28. The molecule has 4 heteroatoms. The number of benzene rings is 1. The molecule has 19 heavy (non-hydrogen) atoms. The van der Waals surface area contributed by atoms with Gasteiger partial charge in [0.2, 0.25) is 5.91 Å². The summed E-state index contributed by atoms with van der Waals surface area (Å²) in [5.41, 5.74) is 8.75. The summed E-state index contributed by atoms with van der Waals surface area (Å²) >= 11 is 0. The zero-order valence-corrected chi connectivity index (χ0v) is 11.7. The van der Waals surface area contributed by atoms with Crippen LogP contribution < -0.4 is 11.1 Å². The second kappa shape index (κ2) is 5.05. The van der Waals surface area contributed by atoms with Crippen LogP contribution in [0.25, 0.3) is 10.9 Å². The highest BCUT2D eigenvalue weighted by Gasteiger charge is 2.14. The lowest BCUT2D eigenvalue weighted by Crippen LogP contribution is -2.45. The molecule has 0 aliphatic carbocycles. The zero-order chi connectivity index (χ0) is 14.0. The van der Waals surface area contributed by atoms with E-state index in [0.29, 0.717) is 13.0 Å². The fourth-order valence-electron chi connectivity index (χ4n) is 2.15. The van der Waals surface area contributed by atoms with E-state index in [1.165, 1.54) is 5.56 Å². The number of carbonyl (C=O) groups excluding carboxylic acids is 1. The average molecular weight is 259 g/mol. The summed E-state index contributed by atoms with van der Waals surface area (Å²) in [5.74, 6) is 0.00248. The predicted molar refractivity (Wildman–Crippen MR) is 78.0 cm³/mol. The van der Waals surface area contributed by atoms with Gasteiger partial charge in [-0.15, -0.1) is 0 Å². The Morgan fingerprint density at radius 2 is 2.16 bits per heavy atom. The van der Waals surface area contributed by atoms with Crippen LogP contribution in [0.2, 0.25) is 0 Å². The molecule has 0 bridgehead atoms. The number of hydrogen-bond donors (Lipinski definition) is 3. The second-order valence-electron chi connectivity index (χ2n) is 5.75. The number of nitrogens with one attached hydrogen (secondary N) is 2. The number of fused-ring (bicyclic) bond motifs is 1. The van der Waals surface area contributed by atoms with Gasteiger partial charge < -0.3 is 16.0 Å². The van der Waals surface area contributed by atoms with Gasteiger partial charge in [-0.3, -0.25) is 4.79 Å². The summed E-state index contributed by atoms with van der Waals surface area (Å²) in [4.78, 5) is 15.1. The van der Waals surface area contributed by atoms with Gasteiger partial charge in [0.1, 0.15) is 0 Å². The number of aryl methyl sites for hydroxylation is 1. The van der Waals surface area contributed by atoms with E-state index in [4.69, 9.17) is 5.73 Å². The number of carbonyl (C=O) groups is 1. The van der Waals surface area contributed by atoms with E-state index in [9.17, 15) is 4.79 Å². The third-order valence-electron chi connectivity index (χ3n) is 3.09. The van der Waals surface area contributed by atoms with Crippen LogP contribution in [0.3, 0.4) is 0 Å². The Balaban J connectivity index is 2.11. The molecule has 1 aromatic heterocycles. The molecule has 0 saturated carbocycles. The molecular weight excluding hydrogens is 238 g/mol. The summed E-state index contributed by atoms with van der Waals surface area (Å²) in [6.45, 7) is 6.32. The normalized spacial score (nSPS) is 11.8. The summed E-state index contributed by atoms with van der Waals surface area (Å²) in [5, 5.41) is 4.01. The minimum Gasteiger partial charge on any atom is -0.361 e. The van der Waals surface area contributed by atoms with E-state index in [0.717, 1.165) is 16.5 Å². The van der Waals surface area contributed by atoms with E-state index in [1.54, 1.807) is 0 Å². The highest BCUT2D eigenvalue weighted by molar-refractivity contribution is 5.91. The summed E-state index contributed by atoms with van der Waals surface area (Å²) in [7, 11) is 0. The van der Waals surface area contributed by atoms with Crippen LogP contribution in [-0.2, 0) is 11.2 Å². The van der Waals surface area contributed by atoms with Gasteiger partial charge >= 0.3 is 0 Å². The molecule has 102 valence electrons. The Morgan fingerprint density at radius 1 is 1.42 bits per heavy atom. The van der Waals surface area contributed by atoms with Crippen molar-refractivity contribution in [2.24, 2.45) is 5.73 Å². The predicted octanol–water partition coefficient (Wildman–Crippen LogP) is 1.87. The lowest BCUT2D eigenvalue weighted by atomic mass is 10.0. The van der Waals surface area contributed by atoms with E-state index in [1.807, 2.05) is 32.2 Å². The number of amides is 1. The van der Waals surface area contributed by atoms with Crippen LogP contribution in [-0.4, -0.2) is 23.0 Å². The maximum Gasteiger partial charge on any atom is 0.224 e. The van der Waals surface area contributed by atoms with Crippen molar-refractivity contribution < 1.29 is 4.79 Å². The molecule has 0 aliphatic heterocycles. The second-order valence-corrected chi connectivity index (χ2v) is 5.75. The molecule has 0 radical (unpaired) electrons. The van der Waals surface area contributed by atoms with Crippen LogP contribution in [0.4, 0.5) is 0 Å². The summed E-state index contributed by atoms with van der Waals surface area (Å²) in [6, 6.07) is 6.09. The smallest absolute Gasteiger partial charge is 0.224 e. The Bertz CT molecular complexity index is 593. The van der Waals surface area contributed by atoms with Gasteiger partial charge in [-0.05, 0) is 38.0 Å². The Labute approximate surface area is 113 Å². The van der Waals surface area contributed by atoms with Crippen molar-refractivity contribution in [3.8, 4) is 0 Å². The van der Waals surface area contributed by atoms with Crippen LogP contribution >= 0.6 is 0 Å². The Kier molecular flexibility index (Phi) is 3.62. The monoisotopic (exact) mass is 259 g/mol. The lowest BCUT2D eigenvalue weighted by molar-refractivity contribution is -0.120. The number of nitrogens with two attached hydrogens (primary N) is 1. The van der Waals surface area contributed by atoms with Crippen molar-refractivity contribution >= 4 is 16.8 Å². The number of rotatable bonds is 4. The summed E-state index contributed by atoms with van der Waals surface area (Å²) < 4.78 is 0. The molecule has 1 aromatic carbocycles. The molecule has 0 spiro atoms. The van der Waals surface area contributed by atoms with Crippen molar-refractivity contribution in [1.82, 2.24) is 10.3 Å². The number of hydrogen-bond acceptors (Lipinski definition) is 2. The molecule has 0 saturated heterocycles. The molecule has 2 aromatic rings. The quantitative estimate of drug-likeness (QED) is 0.784. The molecular formula is C15H21N3O. The van der Waals surface area contributed by atoms with Crippen LogP contribution in [0.1, 0.15) is 25.0 Å². The Morgan fingerprint density at radius 3 is 2.84 bits per heavy atom. The minimum absolute atomic E-state index is 0.00248. The average Bonchev–Trinajstić information content (AvgIpc) is 2.70. The maximum atomic E-state index is 11.9. The van der Waals surface area contributed by atoms with Gasteiger partial charge in [0.15, 0.2) is 0 Å². The zero-order valence-electron chi connectivity index (χ0n) is 11.7. The van der Waals surface area contributed by atoms with E-state index in [2.05, 4.69) is 23.3 Å². The highest BCUT2D eigenvalue weighted by Crippen LogP contribution is 2.22. The third-order valence-corrected chi connectivity index (χ3v) is 3.09. The molecule has 0 atom stereocenters. The molecule has 1 amide bonds. The molecule has 1 heterocycles. The fraction of sp³-hybridized carbons (Fsp3) is 0.400. The number of aromatic amines is 1. The third kappa shape index (κ3) is 3.35. The van der Waals surface area contributed by atoms with Gasteiger partial charge in [-0.1, -0.05) is 12.1 Å². The van der Waals surface area contributed by atoms with Crippen LogP contribution in [0.15, 0.2) is 24.4 Å². The van der Waals surface area contributed by atoms with Crippen molar-refractivity contribution in [3.05, 3.63) is 35.5 Å². The standard InChI is InChI=1S/C15H21N3O/c1-10-5-4-6-12-14(10)11(8-17-12)7-13(19)18-9-15(2,3)16/h4-6,8,17H,7,9,16H2,1-3H3,(H,18,19). The molecule has 4 N–H and O–H groups in total. The van der Waals surface area contributed by atoms with Crippen molar-refractivity contribution in [3.63, 3.8) is 0 Å². The molecule has 0 aliphatic rings. The first-order chi connectivity index (χ1) is 8.87. The largest absolute Gasteiger partial charge is 0.361 e. The molecule has 2 rings (SSSR count). The van der Waals surface area contributed by atoms with Gasteiger partial charge in [0.05, 0.1) is 6.42 Å². The van der Waals surface area contributed by atoms with Crippen molar-refractivity contribution in [2.45, 2.75) is 32.7 Å². The van der Waals surface area contributed by atoms with Crippen LogP contribution in [0.5, 0.6) is 0 Å². The molecule has 4 nitrogen and oxygen atoms in total. The van der Waals surface area contributed by atoms with Gasteiger partial charge in [-0.25, -0.2) is 0 Å². The maximum absolute atomic E-state index is 11.9. The first-order valence-corrected chi connectivity index (χ1v) is 6.48. The first kappa shape index (κ1) is 13.6. The number of H-pyrrole nitrogens is 1. The fourth-order valence-corrected chi connectivity index (χ4v) is 2.15. The first-order valence-electron chi connectivity index (χ1n) is 6.48. The topological polar surface area (TPSA) is 70.9 Å².